The smallest absolute Gasteiger partial charge is 0.248 e. The second kappa shape index (κ2) is 9.43. The molecule has 0 spiro atoms. The second-order valence-corrected chi connectivity index (χ2v) is 10.6. The number of carbonyl (C=O) groups is 1. The molecule has 1 saturated carbocycles. The molecular weight excluding hydrogens is 509 g/mol. The molecule has 2 aromatic carbocycles. The number of amides is 1. The molecule has 3 heterocycles. The summed E-state index contributed by atoms with van der Waals surface area (Å²) in [5, 5.41) is 13.8. The number of aromatic hydroxyl groups is 1. The molecule has 7 nitrogen and oxygen atoms in total. The molecule has 0 radical (unpaired) electrons. The van der Waals surface area contributed by atoms with Crippen molar-refractivity contribution in [2.45, 2.75) is 76.8 Å². The maximum atomic E-state index is 14.4. The highest BCUT2D eigenvalue weighted by molar-refractivity contribution is 5.95. The van der Waals surface area contributed by atoms with Gasteiger partial charge in [-0.15, -0.1) is 0 Å². The molecule has 1 atom stereocenters. The van der Waals surface area contributed by atoms with E-state index in [1.54, 1.807) is 0 Å². The lowest BCUT2D eigenvalue weighted by Crippen LogP contribution is -2.40. The van der Waals surface area contributed by atoms with Gasteiger partial charge in [-0.3, -0.25) is 4.79 Å². The number of phenols is 1. The lowest BCUT2D eigenvalue weighted by Gasteiger charge is -2.37. The van der Waals surface area contributed by atoms with Crippen molar-refractivity contribution >= 4 is 22.6 Å². The van der Waals surface area contributed by atoms with Crippen molar-refractivity contribution in [3.8, 4) is 16.9 Å². The number of imidazole rings is 1. The molecule has 10 heteroatoms. The van der Waals surface area contributed by atoms with Crippen molar-refractivity contribution in [2.24, 2.45) is 0 Å². The quantitative estimate of drug-likeness (QED) is 0.298. The zero-order valence-electron chi connectivity index (χ0n) is 21.8. The molecule has 1 amide bonds. The number of hydrogen-bond acceptors (Lipinski definition) is 5. The number of halogens is 3. The Morgan fingerprint density at radius 1 is 1.08 bits per heavy atom. The number of anilines is 1. The lowest BCUT2D eigenvalue weighted by atomic mass is 9.91. The third kappa shape index (κ3) is 4.45. The van der Waals surface area contributed by atoms with Gasteiger partial charge >= 0.3 is 0 Å². The van der Waals surface area contributed by atoms with Gasteiger partial charge in [-0.1, -0.05) is 11.2 Å². The van der Waals surface area contributed by atoms with Crippen LogP contribution in [0.15, 0.2) is 40.9 Å². The topological polar surface area (TPSA) is 84.4 Å². The Balaban J connectivity index is 1.51. The van der Waals surface area contributed by atoms with Crippen molar-refractivity contribution in [1.29, 1.82) is 0 Å². The number of fused-ring (bicyclic) bond motifs is 1. The molecule has 2 fully saturated rings. The summed E-state index contributed by atoms with van der Waals surface area (Å²) in [7, 11) is 0. The molecule has 6 rings (SSSR count). The number of hydrogen-bond donors (Lipinski definition) is 1. The summed E-state index contributed by atoms with van der Waals surface area (Å²) in [6.07, 6.45) is 1.63. The van der Waals surface area contributed by atoms with Gasteiger partial charge < -0.3 is 19.1 Å². The minimum atomic E-state index is -2.69. The van der Waals surface area contributed by atoms with Gasteiger partial charge in [-0.25, -0.2) is 18.2 Å². The molecule has 39 heavy (non-hydrogen) atoms. The lowest BCUT2D eigenvalue weighted by molar-refractivity contribution is -0.120. The van der Waals surface area contributed by atoms with Gasteiger partial charge in [-0.2, -0.15) is 0 Å². The molecule has 1 aliphatic heterocycles. The fourth-order valence-electron chi connectivity index (χ4n) is 6.15. The number of aryl methyl sites for hydroxylation is 2. The zero-order valence-corrected chi connectivity index (χ0v) is 21.8. The summed E-state index contributed by atoms with van der Waals surface area (Å²) >= 11 is 0. The molecule has 0 unspecified atom stereocenters. The molecule has 2 aromatic heterocycles. The minimum Gasteiger partial charge on any atom is -0.505 e. The predicted molar refractivity (Wildman–Crippen MR) is 139 cm³/mol. The molecule has 1 N–H and O–H groups in total. The fraction of sp³-hybridized carbons (Fsp3) is 0.414. The number of nitrogens with zero attached hydrogens (tertiary/aromatic N) is 4. The maximum absolute atomic E-state index is 14.4. The number of alkyl halides is 2. The van der Waals surface area contributed by atoms with Crippen LogP contribution in [0.5, 0.6) is 5.75 Å². The first kappa shape index (κ1) is 25.5. The summed E-state index contributed by atoms with van der Waals surface area (Å²) in [6.45, 7) is 3.71. The van der Waals surface area contributed by atoms with E-state index in [1.165, 1.54) is 17.0 Å². The van der Waals surface area contributed by atoms with E-state index in [-0.39, 0.29) is 37.6 Å². The summed E-state index contributed by atoms with van der Waals surface area (Å²) in [5.41, 5.74) is 4.30. The number of aromatic nitrogens is 3. The van der Waals surface area contributed by atoms with Crippen LogP contribution in [0.1, 0.15) is 74.3 Å². The Labute approximate surface area is 223 Å². The molecule has 0 bridgehead atoms. The van der Waals surface area contributed by atoms with Crippen LogP contribution >= 0.6 is 0 Å². The first-order valence-corrected chi connectivity index (χ1v) is 13.3. The van der Waals surface area contributed by atoms with Crippen molar-refractivity contribution in [3.63, 3.8) is 0 Å². The summed E-state index contributed by atoms with van der Waals surface area (Å²) in [5.74, 6) is -2.92. The van der Waals surface area contributed by atoms with E-state index in [4.69, 9.17) is 9.51 Å². The van der Waals surface area contributed by atoms with Crippen LogP contribution < -0.4 is 4.90 Å². The van der Waals surface area contributed by atoms with E-state index in [1.807, 2.05) is 36.6 Å². The van der Waals surface area contributed by atoms with Gasteiger partial charge in [0.25, 0.3) is 0 Å². The largest absolute Gasteiger partial charge is 0.505 e. The monoisotopic (exact) mass is 538 g/mol. The minimum absolute atomic E-state index is 0.179. The van der Waals surface area contributed by atoms with Crippen molar-refractivity contribution in [3.05, 3.63) is 59.5 Å². The number of carbonyl (C=O) groups excluding carboxylic acids is 1. The molecular formula is C29H29F3N4O3. The molecule has 4 aromatic rings. The average molecular weight is 539 g/mol. The highest BCUT2D eigenvalue weighted by Gasteiger charge is 2.40. The Hall–Kier alpha value is -3.82. The second-order valence-electron chi connectivity index (χ2n) is 10.6. The number of rotatable bonds is 4. The van der Waals surface area contributed by atoms with Gasteiger partial charge in [0.15, 0.2) is 11.6 Å². The van der Waals surface area contributed by atoms with Crippen LogP contribution in [-0.4, -0.2) is 31.6 Å². The van der Waals surface area contributed by atoms with Crippen LogP contribution in [0.4, 0.5) is 18.9 Å². The number of phenolic OH excluding ortho intramolecular Hbond substituents is 1. The van der Waals surface area contributed by atoms with Gasteiger partial charge in [0.2, 0.25) is 11.8 Å². The normalized spacial score (nSPS) is 20.2. The molecule has 204 valence electrons. The molecule has 2 aliphatic rings. The zero-order chi connectivity index (χ0) is 27.5. The van der Waals surface area contributed by atoms with Crippen LogP contribution in [0.3, 0.4) is 0 Å². The van der Waals surface area contributed by atoms with E-state index in [2.05, 4.69) is 5.16 Å². The fourth-order valence-corrected chi connectivity index (χ4v) is 6.15. The number of benzene rings is 2. The molecule has 1 saturated heterocycles. The Kier molecular flexibility index (Phi) is 6.15. The standard InChI is InChI=1S/C29H29F3N4O3/c1-16-27(17(2)39-34-16)18-6-8-23-22(14-18)33-28(36(23)19-10-12-29(31,32)13-11-19)24-4-3-5-26(38)35(24)20-7-9-25(37)21(30)15-20/h6-9,14-15,19,24,37H,3-5,10-13H2,1-2H3/t24-/m0/s1. The predicted octanol–water partition coefficient (Wildman–Crippen LogP) is 7.16. The molecule has 1 aliphatic carbocycles. The Morgan fingerprint density at radius 3 is 2.54 bits per heavy atom. The van der Waals surface area contributed by atoms with Crippen molar-refractivity contribution in [2.75, 3.05) is 4.90 Å². The average Bonchev–Trinajstić information content (AvgIpc) is 3.44. The van der Waals surface area contributed by atoms with Gasteiger partial charge in [0.1, 0.15) is 11.6 Å². The summed E-state index contributed by atoms with van der Waals surface area (Å²) in [6, 6.07) is 8.98. The van der Waals surface area contributed by atoms with Crippen LogP contribution in [0.2, 0.25) is 0 Å². The van der Waals surface area contributed by atoms with E-state index in [0.29, 0.717) is 42.1 Å². The number of piperidine rings is 1. The van der Waals surface area contributed by atoms with Crippen molar-refractivity contribution in [1.82, 2.24) is 14.7 Å². The first-order valence-electron chi connectivity index (χ1n) is 13.3. The van der Waals surface area contributed by atoms with E-state index in [9.17, 15) is 23.1 Å². The van der Waals surface area contributed by atoms with Crippen LogP contribution in [-0.2, 0) is 4.79 Å². The first-order chi connectivity index (χ1) is 18.6. The third-order valence-electron chi connectivity index (χ3n) is 8.05. The van der Waals surface area contributed by atoms with Crippen LogP contribution in [0.25, 0.3) is 22.2 Å². The van der Waals surface area contributed by atoms with E-state index in [0.717, 1.165) is 28.4 Å². The SMILES string of the molecule is Cc1noc(C)c1-c1ccc2c(c1)nc([C@@H]1CCCC(=O)N1c1ccc(O)c(F)c1)n2C1CCC(F)(F)CC1. The van der Waals surface area contributed by atoms with Crippen molar-refractivity contribution < 1.29 is 27.6 Å². The summed E-state index contributed by atoms with van der Waals surface area (Å²) < 4.78 is 50.0. The Bertz CT molecular complexity index is 1550. The maximum Gasteiger partial charge on any atom is 0.248 e. The third-order valence-corrected chi connectivity index (χ3v) is 8.05. The van der Waals surface area contributed by atoms with Gasteiger partial charge in [0, 0.05) is 42.6 Å². The summed E-state index contributed by atoms with van der Waals surface area (Å²) in [4.78, 5) is 19.8. The van der Waals surface area contributed by atoms with Gasteiger partial charge in [-0.05, 0) is 69.4 Å². The van der Waals surface area contributed by atoms with E-state index >= 15 is 0 Å². The van der Waals surface area contributed by atoms with Crippen LogP contribution in [0, 0.1) is 19.7 Å². The van der Waals surface area contributed by atoms with E-state index < -0.39 is 23.5 Å². The highest BCUT2D eigenvalue weighted by atomic mass is 19.3. The highest BCUT2D eigenvalue weighted by Crippen LogP contribution is 2.44. The van der Waals surface area contributed by atoms with Gasteiger partial charge in [0.05, 0.1) is 22.8 Å². The Morgan fingerprint density at radius 2 is 1.85 bits per heavy atom.